The van der Waals surface area contributed by atoms with Crippen molar-refractivity contribution >= 4 is 5.91 Å². The topological polar surface area (TPSA) is 78.8 Å². The molecule has 5 heteroatoms. The molecule has 1 aliphatic heterocycles. The highest BCUT2D eigenvalue weighted by Gasteiger charge is 2.19. The molecule has 2 rings (SSSR count). The first-order valence-electron chi connectivity index (χ1n) is 5.58. The molecule has 0 saturated carbocycles. The highest BCUT2D eigenvalue weighted by molar-refractivity contribution is 5.97. The quantitative estimate of drug-likeness (QED) is 0.671. The lowest BCUT2D eigenvalue weighted by molar-refractivity contribution is 0.0623. The van der Waals surface area contributed by atoms with Gasteiger partial charge in [0, 0.05) is 6.61 Å². The van der Waals surface area contributed by atoms with Crippen molar-refractivity contribution in [2.75, 3.05) is 13.2 Å². The van der Waals surface area contributed by atoms with E-state index in [0.717, 1.165) is 19.4 Å². The highest BCUT2D eigenvalue weighted by Crippen LogP contribution is 2.28. The van der Waals surface area contributed by atoms with Crippen LogP contribution in [0, 0.1) is 0 Å². The van der Waals surface area contributed by atoms with E-state index in [1.165, 1.54) is 18.2 Å². The fraction of sp³-hybridized carbons (Fsp3) is 0.417. The lowest BCUT2D eigenvalue weighted by Gasteiger charge is -2.23. The van der Waals surface area contributed by atoms with Crippen LogP contribution in [-0.4, -0.2) is 35.4 Å². The van der Waals surface area contributed by atoms with Gasteiger partial charge in [-0.2, -0.15) is 0 Å². The standard InChI is InChI=1S/C12H15NO4/c14-10-5-1-4-9(11(10)15)12(16)13-8-3-2-6-17-7-8/h1,4-5,8,14-15H,2-3,6-7H2,(H,13,16). The molecule has 1 amide bonds. The van der Waals surface area contributed by atoms with Crippen LogP contribution in [0.1, 0.15) is 23.2 Å². The fourth-order valence-corrected chi connectivity index (χ4v) is 1.83. The summed E-state index contributed by atoms with van der Waals surface area (Å²) in [4.78, 5) is 11.8. The average Bonchev–Trinajstić information content (AvgIpc) is 2.34. The Bertz CT molecular complexity index is 413. The van der Waals surface area contributed by atoms with Gasteiger partial charge in [0.2, 0.25) is 0 Å². The number of para-hydroxylation sites is 1. The zero-order chi connectivity index (χ0) is 12.3. The van der Waals surface area contributed by atoms with Crippen molar-refractivity contribution in [1.29, 1.82) is 0 Å². The smallest absolute Gasteiger partial charge is 0.255 e. The molecule has 1 aromatic rings. The molecule has 92 valence electrons. The Morgan fingerprint density at radius 3 is 2.94 bits per heavy atom. The summed E-state index contributed by atoms with van der Waals surface area (Å²) < 4.78 is 5.25. The van der Waals surface area contributed by atoms with Gasteiger partial charge in [-0.3, -0.25) is 4.79 Å². The van der Waals surface area contributed by atoms with Gasteiger partial charge in [0.1, 0.15) is 0 Å². The molecule has 0 radical (unpaired) electrons. The molecule has 1 heterocycles. The summed E-state index contributed by atoms with van der Waals surface area (Å²) in [5, 5.41) is 21.6. The monoisotopic (exact) mass is 237 g/mol. The van der Waals surface area contributed by atoms with Crippen LogP contribution in [0.25, 0.3) is 0 Å². The van der Waals surface area contributed by atoms with Gasteiger partial charge in [-0.15, -0.1) is 0 Å². The van der Waals surface area contributed by atoms with Crippen LogP contribution in [0.5, 0.6) is 11.5 Å². The van der Waals surface area contributed by atoms with E-state index < -0.39 is 5.91 Å². The van der Waals surface area contributed by atoms with Gasteiger partial charge < -0.3 is 20.3 Å². The van der Waals surface area contributed by atoms with Crippen LogP contribution in [0.3, 0.4) is 0 Å². The molecule has 0 spiro atoms. The Labute approximate surface area is 99.0 Å². The van der Waals surface area contributed by atoms with Crippen molar-refractivity contribution in [3.05, 3.63) is 23.8 Å². The first-order valence-corrected chi connectivity index (χ1v) is 5.58. The Balaban J connectivity index is 2.06. The summed E-state index contributed by atoms with van der Waals surface area (Å²) in [5.74, 6) is -1.08. The second-order valence-corrected chi connectivity index (χ2v) is 4.06. The molecular formula is C12H15NO4. The third kappa shape index (κ3) is 2.68. The summed E-state index contributed by atoms with van der Waals surface area (Å²) in [6, 6.07) is 4.28. The first kappa shape index (κ1) is 11.7. The van der Waals surface area contributed by atoms with E-state index in [-0.39, 0.29) is 23.1 Å². The van der Waals surface area contributed by atoms with Gasteiger partial charge in [0.25, 0.3) is 5.91 Å². The van der Waals surface area contributed by atoms with Gasteiger partial charge in [-0.1, -0.05) is 6.07 Å². The molecule has 1 saturated heterocycles. The minimum atomic E-state index is -0.395. The van der Waals surface area contributed by atoms with Crippen molar-refractivity contribution in [2.24, 2.45) is 0 Å². The van der Waals surface area contributed by atoms with Crippen LogP contribution in [0.2, 0.25) is 0 Å². The van der Waals surface area contributed by atoms with Crippen LogP contribution < -0.4 is 5.32 Å². The van der Waals surface area contributed by atoms with E-state index >= 15 is 0 Å². The maximum atomic E-state index is 11.8. The second kappa shape index (κ2) is 5.05. The van der Waals surface area contributed by atoms with Crippen LogP contribution in [0.4, 0.5) is 0 Å². The number of hydrogen-bond acceptors (Lipinski definition) is 4. The summed E-state index contributed by atoms with van der Waals surface area (Å²) in [6.07, 6.45) is 1.78. The number of carbonyl (C=O) groups is 1. The number of ether oxygens (including phenoxy) is 1. The molecule has 0 aliphatic carbocycles. The summed E-state index contributed by atoms with van der Waals surface area (Å²) >= 11 is 0. The summed E-state index contributed by atoms with van der Waals surface area (Å²) in [7, 11) is 0. The van der Waals surface area contributed by atoms with E-state index in [1.54, 1.807) is 0 Å². The molecule has 1 fully saturated rings. The Morgan fingerprint density at radius 2 is 2.24 bits per heavy atom. The number of carbonyl (C=O) groups excluding carboxylic acids is 1. The molecule has 1 aliphatic rings. The molecule has 1 aromatic carbocycles. The van der Waals surface area contributed by atoms with Crippen molar-refractivity contribution in [2.45, 2.75) is 18.9 Å². The molecule has 1 atom stereocenters. The van der Waals surface area contributed by atoms with Gasteiger partial charge in [-0.25, -0.2) is 0 Å². The third-order valence-corrected chi connectivity index (χ3v) is 2.75. The van der Waals surface area contributed by atoms with Gasteiger partial charge >= 0.3 is 0 Å². The average molecular weight is 237 g/mol. The molecule has 0 aromatic heterocycles. The third-order valence-electron chi connectivity index (χ3n) is 2.75. The number of benzene rings is 1. The predicted molar refractivity (Wildman–Crippen MR) is 61.1 cm³/mol. The minimum Gasteiger partial charge on any atom is -0.504 e. The summed E-state index contributed by atoms with van der Waals surface area (Å²) in [5.41, 5.74) is 0.0792. The maximum absolute atomic E-state index is 11.8. The number of rotatable bonds is 2. The fourth-order valence-electron chi connectivity index (χ4n) is 1.83. The molecule has 0 bridgehead atoms. The molecular weight excluding hydrogens is 222 g/mol. The molecule has 1 unspecified atom stereocenters. The normalized spacial score (nSPS) is 19.9. The highest BCUT2D eigenvalue weighted by atomic mass is 16.5. The lowest BCUT2D eigenvalue weighted by Crippen LogP contribution is -2.40. The van der Waals surface area contributed by atoms with E-state index in [4.69, 9.17) is 4.74 Å². The number of phenols is 2. The van der Waals surface area contributed by atoms with Crippen LogP contribution in [-0.2, 0) is 4.74 Å². The van der Waals surface area contributed by atoms with Crippen molar-refractivity contribution in [1.82, 2.24) is 5.32 Å². The Morgan fingerprint density at radius 1 is 1.41 bits per heavy atom. The second-order valence-electron chi connectivity index (χ2n) is 4.06. The van der Waals surface area contributed by atoms with E-state index in [2.05, 4.69) is 5.32 Å². The zero-order valence-electron chi connectivity index (χ0n) is 9.35. The van der Waals surface area contributed by atoms with E-state index in [0.29, 0.717) is 6.61 Å². The van der Waals surface area contributed by atoms with Gasteiger partial charge in [0.15, 0.2) is 11.5 Å². The largest absolute Gasteiger partial charge is 0.504 e. The lowest BCUT2D eigenvalue weighted by atomic mass is 10.1. The van der Waals surface area contributed by atoms with E-state index in [1.807, 2.05) is 0 Å². The number of aromatic hydroxyl groups is 2. The van der Waals surface area contributed by atoms with Gasteiger partial charge in [-0.05, 0) is 25.0 Å². The number of amides is 1. The Hall–Kier alpha value is -1.75. The van der Waals surface area contributed by atoms with Crippen molar-refractivity contribution < 1.29 is 19.7 Å². The van der Waals surface area contributed by atoms with E-state index in [9.17, 15) is 15.0 Å². The zero-order valence-corrected chi connectivity index (χ0v) is 9.35. The van der Waals surface area contributed by atoms with Crippen molar-refractivity contribution in [3.8, 4) is 11.5 Å². The Kier molecular flexibility index (Phi) is 3.49. The SMILES string of the molecule is O=C(NC1CCCOC1)c1cccc(O)c1O. The number of phenolic OH excluding ortho intramolecular Hbond substituents is 2. The predicted octanol–water partition coefficient (Wildman–Crippen LogP) is 1.01. The van der Waals surface area contributed by atoms with Crippen molar-refractivity contribution in [3.63, 3.8) is 0 Å². The maximum Gasteiger partial charge on any atom is 0.255 e. The summed E-state index contributed by atoms with van der Waals surface area (Å²) in [6.45, 7) is 1.22. The molecule has 5 nitrogen and oxygen atoms in total. The number of hydrogen-bond donors (Lipinski definition) is 3. The molecule has 3 N–H and O–H groups in total. The van der Waals surface area contributed by atoms with Crippen LogP contribution in [0.15, 0.2) is 18.2 Å². The first-order chi connectivity index (χ1) is 8.18. The van der Waals surface area contributed by atoms with Crippen LogP contribution >= 0.6 is 0 Å². The molecule has 17 heavy (non-hydrogen) atoms. The van der Waals surface area contributed by atoms with Gasteiger partial charge in [0.05, 0.1) is 18.2 Å². The number of nitrogens with one attached hydrogen (secondary N) is 1. The minimum absolute atomic E-state index is 0.0296.